The van der Waals surface area contributed by atoms with Gasteiger partial charge in [0.15, 0.2) is 0 Å². The molecule has 0 fully saturated rings. The number of benzene rings is 1. The Kier molecular flexibility index (Phi) is 2.90. The van der Waals surface area contributed by atoms with E-state index in [0.717, 1.165) is 11.0 Å². The average Bonchev–Trinajstić information content (AvgIpc) is 1.88. The normalized spacial score (nSPS) is 9.80. The molecule has 0 aromatic heterocycles. The van der Waals surface area contributed by atoms with E-state index in [4.69, 9.17) is 0 Å². The highest BCUT2D eigenvalue weighted by Gasteiger charge is 1.91. The van der Waals surface area contributed by atoms with Crippen LogP contribution in [0, 0.1) is 0 Å². The van der Waals surface area contributed by atoms with Gasteiger partial charge in [-0.05, 0) is 12.1 Å². The van der Waals surface area contributed by atoms with Crippen molar-refractivity contribution in [2.45, 2.75) is 6.54 Å². The zero-order chi connectivity index (χ0) is 7.40. The van der Waals surface area contributed by atoms with Gasteiger partial charge in [0.2, 0.25) is 0 Å². The highest BCUT2D eigenvalue weighted by molar-refractivity contribution is 9.10. The standard InChI is InChI=1S/C8H10BrN/c1-10-6-7-3-2-4-8(9)5-7/h2-5,10H,6H2,1H3/p+1. The predicted molar refractivity (Wildman–Crippen MR) is 45.7 cm³/mol. The van der Waals surface area contributed by atoms with Crippen LogP contribution in [0.5, 0.6) is 0 Å². The van der Waals surface area contributed by atoms with E-state index < -0.39 is 0 Å². The summed E-state index contributed by atoms with van der Waals surface area (Å²) < 4.78 is 1.16. The van der Waals surface area contributed by atoms with Crippen LogP contribution in [0.4, 0.5) is 0 Å². The highest BCUT2D eigenvalue weighted by atomic mass is 79.9. The predicted octanol–water partition coefficient (Wildman–Crippen LogP) is 1.14. The Morgan fingerprint density at radius 1 is 1.50 bits per heavy atom. The summed E-state index contributed by atoms with van der Waals surface area (Å²) in [5.41, 5.74) is 1.36. The summed E-state index contributed by atoms with van der Waals surface area (Å²) in [6.45, 7) is 1.06. The molecule has 0 aliphatic rings. The molecule has 0 saturated carbocycles. The molecule has 2 heteroatoms. The molecule has 1 rings (SSSR count). The van der Waals surface area contributed by atoms with Crippen molar-refractivity contribution >= 4 is 15.9 Å². The Bertz CT molecular complexity index is 210. The lowest BCUT2D eigenvalue weighted by Crippen LogP contribution is -2.77. The zero-order valence-electron chi connectivity index (χ0n) is 5.97. The van der Waals surface area contributed by atoms with Crippen LogP contribution in [0.1, 0.15) is 5.56 Å². The molecular weight excluding hydrogens is 190 g/mol. The van der Waals surface area contributed by atoms with Crippen molar-refractivity contribution in [3.8, 4) is 0 Å². The Balaban J connectivity index is 2.75. The number of nitrogens with two attached hydrogens (primary N) is 1. The minimum Gasteiger partial charge on any atom is -0.345 e. The first-order chi connectivity index (χ1) is 4.83. The molecule has 10 heavy (non-hydrogen) atoms. The fourth-order valence-electron chi connectivity index (χ4n) is 0.900. The monoisotopic (exact) mass is 200 g/mol. The molecule has 54 valence electrons. The van der Waals surface area contributed by atoms with Crippen LogP contribution in [0.15, 0.2) is 28.7 Å². The van der Waals surface area contributed by atoms with E-state index in [2.05, 4.69) is 46.5 Å². The summed E-state index contributed by atoms with van der Waals surface area (Å²) in [5.74, 6) is 0. The van der Waals surface area contributed by atoms with Crippen molar-refractivity contribution in [3.63, 3.8) is 0 Å². The van der Waals surface area contributed by atoms with Gasteiger partial charge in [-0.1, -0.05) is 28.1 Å². The van der Waals surface area contributed by atoms with Gasteiger partial charge < -0.3 is 5.32 Å². The lowest BCUT2D eigenvalue weighted by Gasteiger charge is -1.96. The van der Waals surface area contributed by atoms with Gasteiger partial charge in [-0.15, -0.1) is 0 Å². The first kappa shape index (κ1) is 7.76. The lowest BCUT2D eigenvalue weighted by atomic mass is 10.2. The molecule has 0 radical (unpaired) electrons. The van der Waals surface area contributed by atoms with Crippen molar-refractivity contribution in [1.29, 1.82) is 0 Å². The fraction of sp³-hybridized carbons (Fsp3) is 0.250. The lowest BCUT2D eigenvalue weighted by molar-refractivity contribution is -0.643. The molecule has 0 aliphatic heterocycles. The molecule has 0 bridgehead atoms. The van der Waals surface area contributed by atoms with Gasteiger partial charge in [-0.2, -0.15) is 0 Å². The smallest absolute Gasteiger partial charge is 0.101 e. The minimum atomic E-state index is 1.06. The topological polar surface area (TPSA) is 16.6 Å². The third-order valence-electron chi connectivity index (χ3n) is 1.33. The second-order valence-electron chi connectivity index (χ2n) is 2.24. The fourth-order valence-corrected chi connectivity index (χ4v) is 1.35. The van der Waals surface area contributed by atoms with E-state index in [1.165, 1.54) is 5.56 Å². The summed E-state index contributed by atoms with van der Waals surface area (Å²) in [7, 11) is 2.07. The number of rotatable bonds is 2. The van der Waals surface area contributed by atoms with Gasteiger partial charge in [0, 0.05) is 10.0 Å². The number of hydrogen-bond acceptors (Lipinski definition) is 0. The summed E-state index contributed by atoms with van der Waals surface area (Å²) in [6, 6.07) is 8.37. The Hall–Kier alpha value is -0.340. The van der Waals surface area contributed by atoms with Crippen LogP contribution in [-0.2, 0) is 6.54 Å². The molecule has 1 aromatic carbocycles. The Labute approximate surface area is 69.6 Å². The largest absolute Gasteiger partial charge is 0.345 e. The summed E-state index contributed by atoms with van der Waals surface area (Å²) >= 11 is 3.42. The summed E-state index contributed by atoms with van der Waals surface area (Å²) in [6.07, 6.45) is 0. The summed E-state index contributed by atoms with van der Waals surface area (Å²) in [5, 5.41) is 2.15. The third kappa shape index (κ3) is 2.12. The van der Waals surface area contributed by atoms with Gasteiger partial charge in [-0.25, -0.2) is 0 Å². The quantitative estimate of drug-likeness (QED) is 0.738. The van der Waals surface area contributed by atoms with Gasteiger partial charge in [0.1, 0.15) is 6.54 Å². The SMILES string of the molecule is C[NH2+]Cc1cccc(Br)c1. The molecule has 0 atom stereocenters. The first-order valence-electron chi connectivity index (χ1n) is 3.35. The number of halogens is 1. The van der Waals surface area contributed by atoms with Crippen LogP contribution in [0.2, 0.25) is 0 Å². The Morgan fingerprint density at radius 3 is 2.90 bits per heavy atom. The zero-order valence-corrected chi connectivity index (χ0v) is 7.56. The maximum Gasteiger partial charge on any atom is 0.101 e. The van der Waals surface area contributed by atoms with Crippen LogP contribution >= 0.6 is 15.9 Å². The molecule has 0 aliphatic carbocycles. The molecule has 0 amide bonds. The second-order valence-corrected chi connectivity index (χ2v) is 3.16. The molecule has 1 aromatic rings. The molecule has 0 spiro atoms. The van der Waals surface area contributed by atoms with Crippen molar-refractivity contribution in [3.05, 3.63) is 34.3 Å². The van der Waals surface area contributed by atoms with Crippen LogP contribution in [0.3, 0.4) is 0 Å². The van der Waals surface area contributed by atoms with E-state index in [0.29, 0.717) is 0 Å². The second kappa shape index (κ2) is 3.74. The average molecular weight is 201 g/mol. The molecule has 0 saturated heterocycles. The van der Waals surface area contributed by atoms with Gasteiger partial charge in [0.05, 0.1) is 7.05 Å². The van der Waals surface area contributed by atoms with E-state index in [1.807, 2.05) is 6.07 Å². The van der Waals surface area contributed by atoms with E-state index in [9.17, 15) is 0 Å². The highest BCUT2D eigenvalue weighted by Crippen LogP contribution is 2.10. The Morgan fingerprint density at radius 2 is 2.30 bits per heavy atom. The van der Waals surface area contributed by atoms with Crippen LogP contribution in [-0.4, -0.2) is 7.05 Å². The van der Waals surface area contributed by atoms with Gasteiger partial charge >= 0.3 is 0 Å². The number of quaternary nitrogens is 1. The van der Waals surface area contributed by atoms with Crippen molar-refractivity contribution in [2.24, 2.45) is 0 Å². The molecule has 0 unspecified atom stereocenters. The van der Waals surface area contributed by atoms with E-state index >= 15 is 0 Å². The van der Waals surface area contributed by atoms with E-state index in [-0.39, 0.29) is 0 Å². The summed E-state index contributed by atoms with van der Waals surface area (Å²) in [4.78, 5) is 0. The molecule has 2 N–H and O–H groups in total. The molecule has 0 heterocycles. The van der Waals surface area contributed by atoms with Gasteiger partial charge in [0.25, 0.3) is 0 Å². The maximum absolute atomic E-state index is 3.42. The first-order valence-corrected chi connectivity index (χ1v) is 4.14. The van der Waals surface area contributed by atoms with Crippen molar-refractivity contribution < 1.29 is 5.32 Å². The van der Waals surface area contributed by atoms with Crippen LogP contribution < -0.4 is 5.32 Å². The van der Waals surface area contributed by atoms with E-state index in [1.54, 1.807) is 0 Å². The van der Waals surface area contributed by atoms with Crippen molar-refractivity contribution in [2.75, 3.05) is 7.05 Å². The number of hydrogen-bond donors (Lipinski definition) is 1. The maximum atomic E-state index is 3.42. The van der Waals surface area contributed by atoms with Gasteiger partial charge in [-0.3, -0.25) is 0 Å². The third-order valence-corrected chi connectivity index (χ3v) is 1.82. The molecule has 1 nitrogen and oxygen atoms in total. The van der Waals surface area contributed by atoms with Crippen LogP contribution in [0.25, 0.3) is 0 Å². The molecular formula is C8H11BrN+. The van der Waals surface area contributed by atoms with Crippen molar-refractivity contribution in [1.82, 2.24) is 0 Å². The minimum absolute atomic E-state index is 1.06.